The second-order valence-corrected chi connectivity index (χ2v) is 9.98. The van der Waals surface area contributed by atoms with Gasteiger partial charge < -0.3 is 25.0 Å². The van der Waals surface area contributed by atoms with Crippen molar-refractivity contribution in [1.82, 2.24) is 30.2 Å². The summed E-state index contributed by atoms with van der Waals surface area (Å²) in [6.07, 6.45) is -0.230. The van der Waals surface area contributed by atoms with E-state index in [9.17, 15) is 18.4 Å². The van der Waals surface area contributed by atoms with Gasteiger partial charge in [-0.15, -0.1) is 0 Å². The van der Waals surface area contributed by atoms with Crippen LogP contribution in [0.15, 0.2) is 30.3 Å². The van der Waals surface area contributed by atoms with Gasteiger partial charge in [-0.2, -0.15) is 9.97 Å². The van der Waals surface area contributed by atoms with E-state index in [2.05, 4.69) is 25.6 Å². The van der Waals surface area contributed by atoms with E-state index in [1.807, 2.05) is 4.90 Å². The first kappa shape index (κ1) is 25.4. The van der Waals surface area contributed by atoms with Crippen molar-refractivity contribution < 1.29 is 27.8 Å². The summed E-state index contributed by atoms with van der Waals surface area (Å²) in [5.74, 6) is 0.168. The van der Waals surface area contributed by atoms with Gasteiger partial charge in [0.05, 0.1) is 24.2 Å². The molecular weight excluding hydrogens is 512 g/mol. The first-order valence-electron chi connectivity index (χ1n) is 13.2. The molecule has 3 aromatic rings. The lowest BCUT2D eigenvalue weighted by Gasteiger charge is -2.27. The molecule has 39 heavy (non-hydrogen) atoms. The maximum Gasteiger partial charge on any atom is 0.296 e. The smallest absolute Gasteiger partial charge is 0.296 e. The van der Waals surface area contributed by atoms with E-state index in [1.165, 1.54) is 4.57 Å². The van der Waals surface area contributed by atoms with Gasteiger partial charge in [0.1, 0.15) is 18.0 Å². The summed E-state index contributed by atoms with van der Waals surface area (Å²) < 4.78 is 41.2. The molecule has 2 unspecified atom stereocenters. The highest BCUT2D eigenvalue weighted by atomic mass is 19.3. The van der Waals surface area contributed by atoms with Gasteiger partial charge in [-0.1, -0.05) is 12.1 Å². The summed E-state index contributed by atoms with van der Waals surface area (Å²) >= 11 is 0. The molecule has 2 saturated heterocycles. The van der Waals surface area contributed by atoms with E-state index in [1.54, 1.807) is 30.3 Å². The maximum atomic E-state index is 14.1. The number of hydrogen-bond donors (Lipinski definition) is 2. The second kappa shape index (κ2) is 10.7. The van der Waals surface area contributed by atoms with Crippen LogP contribution >= 0.6 is 0 Å². The van der Waals surface area contributed by atoms with E-state index in [0.717, 1.165) is 0 Å². The zero-order valence-electron chi connectivity index (χ0n) is 21.2. The summed E-state index contributed by atoms with van der Waals surface area (Å²) in [7, 11) is 0. The van der Waals surface area contributed by atoms with Gasteiger partial charge in [-0.05, 0) is 31.4 Å². The molecule has 0 radical (unpaired) electrons. The Bertz CT molecular complexity index is 1380. The number of morpholine rings is 1. The van der Waals surface area contributed by atoms with E-state index in [0.29, 0.717) is 75.4 Å². The molecule has 3 aliphatic rings. The average molecular weight is 542 g/mol. The highest BCUT2D eigenvalue weighted by Crippen LogP contribution is 2.31. The monoisotopic (exact) mass is 541 g/mol. The van der Waals surface area contributed by atoms with Crippen LogP contribution in [0.2, 0.25) is 0 Å². The summed E-state index contributed by atoms with van der Waals surface area (Å²) in [5, 5.41) is 5.70. The topological polar surface area (TPSA) is 124 Å². The van der Waals surface area contributed by atoms with Crippen molar-refractivity contribution in [3.63, 3.8) is 0 Å². The van der Waals surface area contributed by atoms with Gasteiger partial charge in [0, 0.05) is 38.0 Å². The predicted molar refractivity (Wildman–Crippen MR) is 136 cm³/mol. The number of ether oxygens (including phenoxy) is 2. The third kappa shape index (κ3) is 5.35. The molecule has 3 atom stereocenters. The molecule has 2 aromatic heterocycles. The number of rotatable bonds is 7. The molecule has 0 bridgehead atoms. The Kier molecular flexibility index (Phi) is 6.98. The first-order chi connectivity index (χ1) is 18.9. The van der Waals surface area contributed by atoms with Gasteiger partial charge in [0.15, 0.2) is 5.82 Å². The van der Waals surface area contributed by atoms with Gasteiger partial charge in [0.25, 0.3) is 6.43 Å². The normalized spacial score (nSPS) is 23.4. The summed E-state index contributed by atoms with van der Waals surface area (Å²) in [6.45, 7) is 2.13. The Morgan fingerprint density at radius 1 is 1.13 bits per heavy atom. The van der Waals surface area contributed by atoms with E-state index < -0.39 is 18.3 Å². The number of nitrogens with zero attached hydrogens (tertiary/aromatic N) is 5. The highest BCUT2D eigenvalue weighted by molar-refractivity contribution is 5.90. The minimum atomic E-state index is -2.81. The van der Waals surface area contributed by atoms with Crippen LogP contribution in [0.4, 0.5) is 14.7 Å². The van der Waals surface area contributed by atoms with Crippen LogP contribution in [0.1, 0.15) is 44.4 Å². The number of anilines is 1. The lowest BCUT2D eigenvalue weighted by molar-refractivity contribution is -0.126. The second-order valence-electron chi connectivity index (χ2n) is 9.98. The van der Waals surface area contributed by atoms with Crippen molar-refractivity contribution >= 4 is 28.8 Å². The number of carbonyl (C=O) groups excluding carboxylic acids is 2. The molecule has 206 valence electrons. The molecule has 2 amide bonds. The number of nitrogens with one attached hydrogen (secondary N) is 2. The molecular formula is C26H29F2N7O4. The Morgan fingerprint density at radius 3 is 2.72 bits per heavy atom. The van der Waals surface area contributed by atoms with Crippen LogP contribution in [0, 0.1) is 0 Å². The van der Waals surface area contributed by atoms with E-state index in [-0.39, 0.29) is 35.7 Å². The van der Waals surface area contributed by atoms with Gasteiger partial charge in [-0.3, -0.25) is 14.2 Å². The van der Waals surface area contributed by atoms with Crippen LogP contribution in [-0.4, -0.2) is 75.8 Å². The minimum absolute atomic E-state index is 0.0944. The lowest BCUT2D eigenvalue weighted by Crippen LogP contribution is -2.45. The number of halogens is 2. The first-order valence-corrected chi connectivity index (χ1v) is 13.2. The molecule has 1 saturated carbocycles. The molecule has 0 spiro atoms. The zero-order valence-corrected chi connectivity index (χ0v) is 21.2. The highest BCUT2D eigenvalue weighted by Gasteiger charge is 2.33. The molecule has 1 aliphatic carbocycles. The maximum absolute atomic E-state index is 14.1. The SMILES string of the molecule is O=C1CC[C@@H](C(=O)NC2CCC(Oc3cc(-n4c(C(F)F)nc5ccccc54)nc(N4CCOCC4)n3)C2)N1. The number of carbonyl (C=O) groups is 2. The fourth-order valence-corrected chi connectivity index (χ4v) is 5.37. The summed E-state index contributed by atoms with van der Waals surface area (Å²) in [4.78, 5) is 39.3. The van der Waals surface area contributed by atoms with Crippen LogP contribution in [0.25, 0.3) is 16.9 Å². The number of fused-ring (bicyclic) bond motifs is 1. The Hall–Kier alpha value is -3.87. The number of amides is 2. The van der Waals surface area contributed by atoms with Crippen LogP contribution < -0.4 is 20.3 Å². The largest absolute Gasteiger partial charge is 0.474 e. The molecule has 11 nitrogen and oxygen atoms in total. The summed E-state index contributed by atoms with van der Waals surface area (Å²) in [5.41, 5.74) is 0.947. The molecule has 6 rings (SSSR count). The standard InChI is InChI=1S/C26H29F2N7O4/c27-23(28)24-31-17-3-1-2-4-19(17)35(24)20-14-22(33-26(32-20)34-9-11-38-12-10-34)39-16-6-5-15(13-16)29-25(37)18-7-8-21(36)30-18/h1-4,14-16,18,23H,5-13H2,(H,29,37)(H,30,36)/t15?,16?,18-/m0/s1. The zero-order chi connectivity index (χ0) is 26.9. The van der Waals surface area contributed by atoms with E-state index >= 15 is 0 Å². The number of para-hydroxylation sites is 2. The lowest BCUT2D eigenvalue weighted by atomic mass is 10.2. The molecule has 2 N–H and O–H groups in total. The number of benzene rings is 1. The Morgan fingerprint density at radius 2 is 1.95 bits per heavy atom. The van der Waals surface area contributed by atoms with Crippen LogP contribution in [-0.2, 0) is 14.3 Å². The molecule has 13 heteroatoms. The Labute approximate surface area is 222 Å². The third-order valence-electron chi connectivity index (χ3n) is 7.31. The quantitative estimate of drug-likeness (QED) is 0.467. The average Bonchev–Trinajstić information content (AvgIpc) is 3.67. The van der Waals surface area contributed by atoms with Crippen LogP contribution in [0.3, 0.4) is 0 Å². The van der Waals surface area contributed by atoms with Crippen molar-refractivity contribution in [1.29, 1.82) is 0 Å². The molecule has 2 aliphatic heterocycles. The van der Waals surface area contributed by atoms with Crippen molar-refractivity contribution in [2.75, 3.05) is 31.2 Å². The van der Waals surface area contributed by atoms with Crippen molar-refractivity contribution in [3.05, 3.63) is 36.2 Å². The fraction of sp³-hybridized carbons (Fsp3) is 0.500. The number of hydrogen-bond acceptors (Lipinski definition) is 8. The van der Waals surface area contributed by atoms with Crippen molar-refractivity contribution in [2.45, 2.75) is 56.7 Å². The molecule has 4 heterocycles. The number of aromatic nitrogens is 4. The summed E-state index contributed by atoms with van der Waals surface area (Å²) in [6, 6.07) is 7.89. The van der Waals surface area contributed by atoms with Gasteiger partial charge in [0.2, 0.25) is 23.6 Å². The van der Waals surface area contributed by atoms with Gasteiger partial charge >= 0.3 is 0 Å². The third-order valence-corrected chi connectivity index (χ3v) is 7.31. The van der Waals surface area contributed by atoms with Crippen LogP contribution in [0.5, 0.6) is 5.88 Å². The fourth-order valence-electron chi connectivity index (χ4n) is 5.37. The predicted octanol–water partition coefficient (Wildman–Crippen LogP) is 2.28. The minimum Gasteiger partial charge on any atom is -0.474 e. The van der Waals surface area contributed by atoms with E-state index in [4.69, 9.17) is 9.47 Å². The molecule has 3 fully saturated rings. The number of alkyl halides is 2. The van der Waals surface area contributed by atoms with Crippen molar-refractivity contribution in [3.8, 4) is 11.7 Å². The molecule has 1 aromatic carbocycles. The number of imidazole rings is 1. The van der Waals surface area contributed by atoms with Crippen molar-refractivity contribution in [2.24, 2.45) is 0 Å². The Balaban J connectivity index is 1.26. The van der Waals surface area contributed by atoms with Gasteiger partial charge in [-0.25, -0.2) is 13.8 Å².